The fraction of sp³-hybridized carbons (Fsp3) is 0.167. The largest absolute Gasteiger partial charge is 0.493 e. The van der Waals surface area contributed by atoms with Gasteiger partial charge in [0, 0.05) is 36.6 Å². The first-order valence-electron chi connectivity index (χ1n) is 9.42. The molecule has 3 rings (SSSR count). The Hall–Kier alpha value is -3.31. The number of pyridine rings is 1. The Balaban J connectivity index is 1.84. The number of halogens is 1. The number of ether oxygens (including phenoxy) is 2. The van der Waals surface area contributed by atoms with Gasteiger partial charge in [0.2, 0.25) is 5.91 Å². The molecule has 0 aliphatic carbocycles. The second-order valence-corrected chi connectivity index (χ2v) is 7.00. The van der Waals surface area contributed by atoms with Gasteiger partial charge in [0.15, 0.2) is 11.5 Å². The summed E-state index contributed by atoms with van der Waals surface area (Å²) in [6.45, 7) is 0.858. The molecule has 0 aliphatic rings. The van der Waals surface area contributed by atoms with Crippen LogP contribution in [0.1, 0.15) is 16.7 Å². The van der Waals surface area contributed by atoms with E-state index < -0.39 is 0 Å². The van der Waals surface area contributed by atoms with E-state index in [1.807, 2.05) is 48.5 Å². The first-order chi connectivity index (χ1) is 14.6. The van der Waals surface area contributed by atoms with Crippen molar-refractivity contribution in [3.05, 3.63) is 94.8 Å². The summed E-state index contributed by atoms with van der Waals surface area (Å²) < 4.78 is 10.7. The summed E-state index contributed by atoms with van der Waals surface area (Å²) in [7, 11) is 3.18. The summed E-state index contributed by atoms with van der Waals surface area (Å²) in [5, 5.41) is 0.599. The first-order valence-corrected chi connectivity index (χ1v) is 9.80. The molecule has 0 spiro atoms. The van der Waals surface area contributed by atoms with Crippen molar-refractivity contribution < 1.29 is 14.3 Å². The molecule has 0 saturated carbocycles. The van der Waals surface area contributed by atoms with Gasteiger partial charge in [-0.25, -0.2) is 0 Å². The molecule has 0 bridgehead atoms. The Morgan fingerprint density at radius 3 is 2.37 bits per heavy atom. The van der Waals surface area contributed by atoms with E-state index in [0.717, 1.165) is 16.7 Å². The third kappa shape index (κ3) is 5.61. The molecule has 0 aliphatic heterocycles. The molecule has 0 fully saturated rings. The van der Waals surface area contributed by atoms with Gasteiger partial charge in [-0.2, -0.15) is 0 Å². The van der Waals surface area contributed by atoms with Crippen LogP contribution in [0.2, 0.25) is 5.02 Å². The Morgan fingerprint density at radius 1 is 0.967 bits per heavy atom. The number of aromatic nitrogens is 1. The molecule has 0 unspecified atom stereocenters. The van der Waals surface area contributed by atoms with Gasteiger partial charge in [0.05, 0.1) is 14.2 Å². The SMILES string of the molecule is COc1ccc(CN(Cc2ccncc2)C(=O)C=Cc2ccccc2Cl)cc1OC. The monoisotopic (exact) mass is 422 g/mol. The summed E-state index contributed by atoms with van der Waals surface area (Å²) in [5.74, 6) is 1.14. The van der Waals surface area contributed by atoms with Crippen LogP contribution in [-0.4, -0.2) is 30.0 Å². The molecule has 0 radical (unpaired) electrons. The van der Waals surface area contributed by atoms with Crippen molar-refractivity contribution >= 4 is 23.6 Å². The second-order valence-electron chi connectivity index (χ2n) is 6.59. The number of benzene rings is 2. The summed E-state index contributed by atoms with van der Waals surface area (Å²) >= 11 is 6.20. The molecular weight excluding hydrogens is 400 g/mol. The molecule has 154 valence electrons. The summed E-state index contributed by atoms with van der Waals surface area (Å²) in [5.41, 5.74) is 2.72. The highest BCUT2D eigenvalue weighted by molar-refractivity contribution is 6.32. The van der Waals surface area contributed by atoms with Gasteiger partial charge in [-0.15, -0.1) is 0 Å². The van der Waals surface area contributed by atoms with E-state index in [1.54, 1.807) is 49.7 Å². The summed E-state index contributed by atoms with van der Waals surface area (Å²) in [6.07, 6.45) is 6.71. The van der Waals surface area contributed by atoms with Crippen LogP contribution in [0.5, 0.6) is 11.5 Å². The highest BCUT2D eigenvalue weighted by Crippen LogP contribution is 2.28. The highest BCUT2D eigenvalue weighted by atomic mass is 35.5. The van der Waals surface area contributed by atoms with Crippen molar-refractivity contribution in [3.63, 3.8) is 0 Å². The van der Waals surface area contributed by atoms with Gasteiger partial charge in [-0.3, -0.25) is 9.78 Å². The van der Waals surface area contributed by atoms with Gasteiger partial charge in [-0.05, 0) is 53.1 Å². The molecule has 30 heavy (non-hydrogen) atoms. The number of hydrogen-bond acceptors (Lipinski definition) is 4. The third-order valence-corrected chi connectivity index (χ3v) is 4.91. The van der Waals surface area contributed by atoms with Crippen LogP contribution >= 0.6 is 11.6 Å². The van der Waals surface area contributed by atoms with Crippen molar-refractivity contribution in [1.82, 2.24) is 9.88 Å². The van der Waals surface area contributed by atoms with E-state index in [4.69, 9.17) is 21.1 Å². The van der Waals surface area contributed by atoms with Gasteiger partial charge >= 0.3 is 0 Å². The maximum atomic E-state index is 13.0. The zero-order chi connectivity index (χ0) is 21.3. The van der Waals surface area contributed by atoms with Crippen LogP contribution in [-0.2, 0) is 17.9 Å². The Morgan fingerprint density at radius 2 is 1.67 bits per heavy atom. The van der Waals surface area contributed by atoms with E-state index in [2.05, 4.69) is 4.98 Å². The van der Waals surface area contributed by atoms with Crippen molar-refractivity contribution in [2.75, 3.05) is 14.2 Å². The standard InChI is InChI=1S/C24H23ClN2O3/c1-29-22-9-7-19(15-23(22)30-2)17-27(16-18-11-13-26-14-12-18)24(28)10-8-20-5-3-4-6-21(20)25/h3-15H,16-17H2,1-2H3. The van der Waals surface area contributed by atoms with Crippen LogP contribution in [0.15, 0.2) is 73.1 Å². The minimum atomic E-state index is -0.124. The Labute approximate surface area is 181 Å². The molecule has 5 nitrogen and oxygen atoms in total. The molecule has 0 saturated heterocycles. The lowest BCUT2D eigenvalue weighted by Crippen LogP contribution is -2.28. The highest BCUT2D eigenvalue weighted by Gasteiger charge is 2.14. The number of rotatable bonds is 8. The third-order valence-electron chi connectivity index (χ3n) is 4.57. The van der Waals surface area contributed by atoms with Crippen molar-refractivity contribution in [2.24, 2.45) is 0 Å². The van der Waals surface area contributed by atoms with E-state index in [0.29, 0.717) is 29.6 Å². The topological polar surface area (TPSA) is 51.7 Å². The molecular formula is C24H23ClN2O3. The molecule has 3 aromatic rings. The lowest BCUT2D eigenvalue weighted by atomic mass is 10.1. The normalized spacial score (nSPS) is 10.8. The van der Waals surface area contributed by atoms with E-state index in [1.165, 1.54) is 0 Å². The number of hydrogen-bond donors (Lipinski definition) is 0. The fourth-order valence-electron chi connectivity index (χ4n) is 3.00. The van der Waals surface area contributed by atoms with E-state index in [-0.39, 0.29) is 5.91 Å². The Kier molecular flexibility index (Phi) is 7.46. The van der Waals surface area contributed by atoms with Crippen LogP contribution < -0.4 is 9.47 Å². The predicted molar refractivity (Wildman–Crippen MR) is 119 cm³/mol. The van der Waals surface area contributed by atoms with Crippen LogP contribution in [0.25, 0.3) is 6.08 Å². The number of nitrogens with zero attached hydrogens (tertiary/aromatic N) is 2. The van der Waals surface area contributed by atoms with Gasteiger partial charge in [0.1, 0.15) is 0 Å². The Bertz CT molecular complexity index is 1020. The van der Waals surface area contributed by atoms with Gasteiger partial charge in [-0.1, -0.05) is 35.9 Å². The predicted octanol–water partition coefficient (Wildman–Crippen LogP) is 4.99. The molecule has 0 atom stereocenters. The molecule has 6 heteroatoms. The minimum Gasteiger partial charge on any atom is -0.493 e. The fourth-order valence-corrected chi connectivity index (χ4v) is 3.20. The van der Waals surface area contributed by atoms with Crippen LogP contribution in [0.4, 0.5) is 0 Å². The summed E-state index contributed by atoms with van der Waals surface area (Å²) in [4.78, 5) is 18.8. The van der Waals surface area contributed by atoms with Crippen molar-refractivity contribution in [3.8, 4) is 11.5 Å². The van der Waals surface area contributed by atoms with Crippen LogP contribution in [0.3, 0.4) is 0 Å². The molecule has 1 heterocycles. The van der Waals surface area contributed by atoms with E-state index in [9.17, 15) is 4.79 Å². The maximum absolute atomic E-state index is 13.0. The van der Waals surface area contributed by atoms with E-state index >= 15 is 0 Å². The summed E-state index contributed by atoms with van der Waals surface area (Å²) in [6, 6.07) is 16.8. The quantitative estimate of drug-likeness (QED) is 0.479. The zero-order valence-electron chi connectivity index (χ0n) is 16.9. The lowest BCUT2D eigenvalue weighted by molar-refractivity contribution is -0.127. The number of carbonyl (C=O) groups is 1. The van der Waals surface area contributed by atoms with Gasteiger partial charge < -0.3 is 14.4 Å². The molecule has 1 amide bonds. The second kappa shape index (κ2) is 10.5. The average Bonchev–Trinajstić information content (AvgIpc) is 2.78. The molecule has 1 aromatic heterocycles. The van der Waals surface area contributed by atoms with Crippen LogP contribution in [0, 0.1) is 0 Å². The van der Waals surface area contributed by atoms with Crippen molar-refractivity contribution in [1.29, 1.82) is 0 Å². The smallest absolute Gasteiger partial charge is 0.247 e. The zero-order valence-corrected chi connectivity index (χ0v) is 17.7. The maximum Gasteiger partial charge on any atom is 0.247 e. The number of methoxy groups -OCH3 is 2. The minimum absolute atomic E-state index is 0.124. The number of carbonyl (C=O) groups excluding carboxylic acids is 1. The van der Waals surface area contributed by atoms with Gasteiger partial charge in [0.25, 0.3) is 0 Å². The lowest BCUT2D eigenvalue weighted by Gasteiger charge is -2.22. The average molecular weight is 423 g/mol. The first kappa shape index (κ1) is 21.4. The molecule has 2 aromatic carbocycles. The number of amides is 1. The van der Waals surface area contributed by atoms with Crippen molar-refractivity contribution in [2.45, 2.75) is 13.1 Å². The molecule has 0 N–H and O–H groups in total.